The van der Waals surface area contributed by atoms with Gasteiger partial charge in [-0.2, -0.15) is 0 Å². The zero-order valence-corrected chi connectivity index (χ0v) is 12.0. The van der Waals surface area contributed by atoms with E-state index in [0.717, 1.165) is 18.4 Å². The molecule has 0 aliphatic heterocycles. The normalized spacial score (nSPS) is 18.4. The van der Waals surface area contributed by atoms with E-state index in [9.17, 15) is 14.7 Å². The summed E-state index contributed by atoms with van der Waals surface area (Å²) in [4.78, 5) is 23.1. The topological polar surface area (TPSA) is 66.4 Å². The van der Waals surface area contributed by atoms with Crippen molar-refractivity contribution >= 4 is 11.9 Å². The number of hydrogen-bond acceptors (Lipinski definition) is 2. The van der Waals surface area contributed by atoms with Crippen molar-refractivity contribution in [3.05, 3.63) is 48.0 Å². The van der Waals surface area contributed by atoms with Crippen LogP contribution < -0.4 is 5.32 Å². The van der Waals surface area contributed by atoms with Crippen LogP contribution in [0.3, 0.4) is 0 Å². The summed E-state index contributed by atoms with van der Waals surface area (Å²) in [6.45, 7) is 0.180. The van der Waals surface area contributed by atoms with Crippen LogP contribution in [0.4, 0.5) is 0 Å². The van der Waals surface area contributed by atoms with Gasteiger partial charge in [0.05, 0.1) is 5.92 Å². The van der Waals surface area contributed by atoms with Gasteiger partial charge in [0, 0.05) is 13.0 Å². The minimum atomic E-state index is -0.875. The molecule has 0 bridgehead atoms. The van der Waals surface area contributed by atoms with Gasteiger partial charge >= 0.3 is 5.97 Å². The van der Waals surface area contributed by atoms with Gasteiger partial charge in [-0.25, -0.2) is 0 Å². The van der Waals surface area contributed by atoms with Crippen LogP contribution in [-0.4, -0.2) is 23.5 Å². The molecule has 0 saturated heterocycles. The zero-order valence-electron chi connectivity index (χ0n) is 12.0. The smallest absolute Gasteiger partial charge is 0.308 e. The SMILES string of the molecule is O=C(CC1C=CCC1)NCC(Cc1ccccc1)C(=O)O. The van der Waals surface area contributed by atoms with E-state index < -0.39 is 11.9 Å². The van der Waals surface area contributed by atoms with Crippen molar-refractivity contribution in [2.75, 3.05) is 6.54 Å². The molecule has 1 aliphatic rings. The van der Waals surface area contributed by atoms with E-state index in [0.29, 0.717) is 18.8 Å². The third kappa shape index (κ3) is 5.06. The molecule has 1 aliphatic carbocycles. The molecule has 21 heavy (non-hydrogen) atoms. The number of aliphatic carboxylic acids is 1. The predicted molar refractivity (Wildman–Crippen MR) is 80.8 cm³/mol. The van der Waals surface area contributed by atoms with E-state index in [1.807, 2.05) is 30.3 Å². The molecule has 1 aromatic carbocycles. The number of carboxylic acids is 1. The van der Waals surface area contributed by atoms with Gasteiger partial charge in [0.2, 0.25) is 5.91 Å². The Bertz CT molecular complexity index is 510. The molecule has 2 rings (SSSR count). The second-order valence-electron chi connectivity index (χ2n) is 5.50. The summed E-state index contributed by atoms with van der Waals surface area (Å²) >= 11 is 0. The van der Waals surface area contributed by atoms with Crippen LogP contribution in [0.2, 0.25) is 0 Å². The highest BCUT2D eigenvalue weighted by Crippen LogP contribution is 2.20. The number of allylic oxidation sites excluding steroid dienone is 2. The highest BCUT2D eigenvalue weighted by Gasteiger charge is 2.20. The molecule has 4 nitrogen and oxygen atoms in total. The Morgan fingerprint density at radius 2 is 2.05 bits per heavy atom. The Balaban J connectivity index is 1.81. The van der Waals surface area contributed by atoms with Crippen molar-refractivity contribution in [2.24, 2.45) is 11.8 Å². The fraction of sp³-hybridized carbons (Fsp3) is 0.412. The minimum Gasteiger partial charge on any atom is -0.481 e. The summed E-state index contributed by atoms with van der Waals surface area (Å²) in [6.07, 6.45) is 7.09. The minimum absolute atomic E-state index is 0.0640. The van der Waals surface area contributed by atoms with Crippen LogP contribution in [-0.2, 0) is 16.0 Å². The van der Waals surface area contributed by atoms with Crippen molar-refractivity contribution in [3.63, 3.8) is 0 Å². The Morgan fingerprint density at radius 3 is 2.67 bits per heavy atom. The third-order valence-corrected chi connectivity index (χ3v) is 3.78. The predicted octanol–water partition coefficient (Wildman–Crippen LogP) is 2.40. The Labute approximate surface area is 124 Å². The summed E-state index contributed by atoms with van der Waals surface area (Å²) in [6, 6.07) is 9.48. The van der Waals surface area contributed by atoms with Crippen molar-refractivity contribution < 1.29 is 14.7 Å². The van der Waals surface area contributed by atoms with Crippen LogP contribution in [0, 0.1) is 11.8 Å². The average Bonchev–Trinajstić information content (AvgIpc) is 2.97. The highest BCUT2D eigenvalue weighted by atomic mass is 16.4. The lowest BCUT2D eigenvalue weighted by atomic mass is 9.99. The average molecular weight is 287 g/mol. The van der Waals surface area contributed by atoms with Gasteiger partial charge in [-0.1, -0.05) is 42.5 Å². The van der Waals surface area contributed by atoms with E-state index in [-0.39, 0.29) is 12.5 Å². The number of carbonyl (C=O) groups excluding carboxylic acids is 1. The number of rotatable bonds is 7. The Morgan fingerprint density at radius 1 is 1.29 bits per heavy atom. The fourth-order valence-electron chi connectivity index (χ4n) is 2.56. The molecule has 2 N–H and O–H groups in total. The molecule has 0 aromatic heterocycles. The Hall–Kier alpha value is -2.10. The van der Waals surface area contributed by atoms with Gasteiger partial charge in [-0.05, 0) is 30.7 Å². The van der Waals surface area contributed by atoms with Crippen LogP contribution in [0.25, 0.3) is 0 Å². The lowest BCUT2D eigenvalue weighted by Gasteiger charge is -2.14. The van der Waals surface area contributed by atoms with E-state index in [1.165, 1.54) is 0 Å². The maximum Gasteiger partial charge on any atom is 0.308 e. The molecular weight excluding hydrogens is 266 g/mol. The monoisotopic (exact) mass is 287 g/mol. The van der Waals surface area contributed by atoms with Crippen LogP contribution >= 0.6 is 0 Å². The van der Waals surface area contributed by atoms with Crippen molar-refractivity contribution in [1.29, 1.82) is 0 Å². The summed E-state index contributed by atoms with van der Waals surface area (Å²) in [5.41, 5.74) is 0.970. The summed E-state index contributed by atoms with van der Waals surface area (Å²) in [7, 11) is 0. The van der Waals surface area contributed by atoms with Gasteiger partial charge in [0.15, 0.2) is 0 Å². The summed E-state index contributed by atoms with van der Waals surface area (Å²) in [5, 5.41) is 12.0. The first-order valence-corrected chi connectivity index (χ1v) is 7.35. The van der Waals surface area contributed by atoms with Gasteiger partial charge < -0.3 is 10.4 Å². The van der Waals surface area contributed by atoms with E-state index in [1.54, 1.807) is 0 Å². The molecule has 0 saturated carbocycles. The third-order valence-electron chi connectivity index (χ3n) is 3.78. The maximum absolute atomic E-state index is 11.8. The number of nitrogens with one attached hydrogen (secondary N) is 1. The van der Waals surface area contributed by atoms with Crippen molar-refractivity contribution in [3.8, 4) is 0 Å². The van der Waals surface area contributed by atoms with Crippen LogP contribution in [0.5, 0.6) is 0 Å². The fourth-order valence-corrected chi connectivity index (χ4v) is 2.56. The molecule has 0 spiro atoms. The number of amides is 1. The maximum atomic E-state index is 11.8. The molecule has 2 atom stereocenters. The van der Waals surface area contributed by atoms with E-state index >= 15 is 0 Å². The second kappa shape index (κ2) is 7.62. The number of benzene rings is 1. The Kier molecular flexibility index (Phi) is 5.55. The van der Waals surface area contributed by atoms with Gasteiger partial charge in [-0.15, -0.1) is 0 Å². The highest BCUT2D eigenvalue weighted by molar-refractivity contribution is 5.78. The molecular formula is C17H21NO3. The van der Waals surface area contributed by atoms with Gasteiger partial charge in [0.25, 0.3) is 0 Å². The largest absolute Gasteiger partial charge is 0.481 e. The second-order valence-corrected chi connectivity index (χ2v) is 5.50. The van der Waals surface area contributed by atoms with Crippen molar-refractivity contribution in [1.82, 2.24) is 5.32 Å². The van der Waals surface area contributed by atoms with Crippen LogP contribution in [0.15, 0.2) is 42.5 Å². The first-order chi connectivity index (χ1) is 10.1. The molecule has 112 valence electrons. The van der Waals surface area contributed by atoms with E-state index in [4.69, 9.17) is 0 Å². The molecule has 0 fully saturated rings. The van der Waals surface area contributed by atoms with Gasteiger partial charge in [-0.3, -0.25) is 9.59 Å². The molecule has 1 aromatic rings. The van der Waals surface area contributed by atoms with Gasteiger partial charge in [0.1, 0.15) is 0 Å². The first kappa shape index (κ1) is 15.3. The quantitative estimate of drug-likeness (QED) is 0.757. The lowest BCUT2D eigenvalue weighted by molar-refractivity contribution is -0.141. The zero-order chi connectivity index (χ0) is 15.1. The number of carbonyl (C=O) groups is 2. The molecule has 1 amide bonds. The summed E-state index contributed by atoms with van der Waals surface area (Å²) < 4.78 is 0. The molecule has 2 unspecified atom stereocenters. The van der Waals surface area contributed by atoms with Crippen molar-refractivity contribution in [2.45, 2.75) is 25.7 Å². The first-order valence-electron chi connectivity index (χ1n) is 7.35. The standard InChI is InChI=1S/C17H21NO3/c19-16(11-14-8-4-5-9-14)18-12-15(17(20)21)10-13-6-2-1-3-7-13/h1-4,6-8,14-15H,5,9-12H2,(H,18,19)(H,20,21). The number of hydrogen-bond donors (Lipinski definition) is 2. The lowest BCUT2D eigenvalue weighted by Crippen LogP contribution is -2.34. The van der Waals surface area contributed by atoms with E-state index in [2.05, 4.69) is 17.5 Å². The molecule has 0 heterocycles. The number of carboxylic acid groups (broad SMARTS) is 1. The summed E-state index contributed by atoms with van der Waals surface area (Å²) in [5.74, 6) is -1.22. The molecule has 0 radical (unpaired) electrons. The molecule has 4 heteroatoms. The van der Waals surface area contributed by atoms with Crippen LogP contribution in [0.1, 0.15) is 24.8 Å².